The molecule has 2 amide bonds. The molecule has 1 atom stereocenters. The van der Waals surface area contributed by atoms with Crippen molar-refractivity contribution in [2.75, 3.05) is 13.1 Å². The average Bonchev–Trinajstić information content (AvgIpc) is 2.41. The summed E-state index contributed by atoms with van der Waals surface area (Å²) in [5, 5.41) is 5.30. The highest BCUT2D eigenvalue weighted by Gasteiger charge is 2.12. The fourth-order valence-corrected chi connectivity index (χ4v) is 1.65. The molecule has 104 valence electrons. The predicted molar refractivity (Wildman–Crippen MR) is 74.4 cm³/mol. The number of hydrogen-bond donors (Lipinski definition) is 3. The Morgan fingerprint density at radius 2 is 1.79 bits per heavy atom. The maximum atomic E-state index is 11.7. The molecule has 0 aliphatic carbocycles. The van der Waals surface area contributed by atoms with Crippen LogP contribution in [0, 0.1) is 0 Å². The molecule has 0 aromatic heterocycles. The first-order valence-electron chi connectivity index (χ1n) is 6.41. The summed E-state index contributed by atoms with van der Waals surface area (Å²) >= 11 is 0. The average molecular weight is 263 g/mol. The molecule has 5 nitrogen and oxygen atoms in total. The fraction of sp³-hybridized carbons (Fsp3) is 0.429. The van der Waals surface area contributed by atoms with E-state index in [0.29, 0.717) is 19.5 Å². The van der Waals surface area contributed by atoms with Crippen LogP contribution >= 0.6 is 0 Å². The second kappa shape index (κ2) is 8.26. The van der Waals surface area contributed by atoms with Gasteiger partial charge in [-0.2, -0.15) is 0 Å². The first-order chi connectivity index (χ1) is 9.09. The van der Waals surface area contributed by atoms with Gasteiger partial charge in [0.15, 0.2) is 0 Å². The summed E-state index contributed by atoms with van der Waals surface area (Å²) < 4.78 is 0. The Labute approximate surface area is 113 Å². The Hall–Kier alpha value is -1.88. The largest absolute Gasteiger partial charge is 0.355 e. The van der Waals surface area contributed by atoms with Crippen LogP contribution in [0.2, 0.25) is 0 Å². The first kappa shape index (κ1) is 15.2. The Morgan fingerprint density at radius 1 is 1.16 bits per heavy atom. The summed E-state index contributed by atoms with van der Waals surface area (Å²) in [6.07, 6.45) is 1.39. The van der Waals surface area contributed by atoms with Gasteiger partial charge in [-0.1, -0.05) is 30.3 Å². The molecule has 0 saturated carbocycles. The van der Waals surface area contributed by atoms with Crippen molar-refractivity contribution in [2.45, 2.75) is 25.8 Å². The van der Waals surface area contributed by atoms with Crippen LogP contribution in [-0.4, -0.2) is 30.9 Å². The molecule has 1 aromatic carbocycles. The van der Waals surface area contributed by atoms with Crippen LogP contribution < -0.4 is 16.4 Å². The van der Waals surface area contributed by atoms with Crippen molar-refractivity contribution in [3.05, 3.63) is 35.9 Å². The Balaban J connectivity index is 2.20. The van der Waals surface area contributed by atoms with E-state index in [1.807, 2.05) is 30.3 Å². The molecule has 0 radical (unpaired) electrons. The number of aryl methyl sites for hydroxylation is 1. The number of rotatable bonds is 7. The minimum atomic E-state index is -0.516. The second-order valence-electron chi connectivity index (χ2n) is 4.40. The molecule has 0 aliphatic rings. The quantitative estimate of drug-likeness (QED) is 0.614. The third-order valence-electron chi connectivity index (χ3n) is 2.72. The van der Waals surface area contributed by atoms with Crippen molar-refractivity contribution in [3.8, 4) is 0 Å². The smallest absolute Gasteiger partial charge is 0.236 e. The maximum absolute atomic E-state index is 11.7. The van der Waals surface area contributed by atoms with E-state index in [9.17, 15) is 9.59 Å². The minimum absolute atomic E-state index is 0.109. The molecule has 19 heavy (non-hydrogen) atoms. The number of hydrogen-bond acceptors (Lipinski definition) is 3. The summed E-state index contributed by atoms with van der Waals surface area (Å²) in [4.78, 5) is 22.3. The van der Waals surface area contributed by atoms with E-state index >= 15 is 0 Å². The number of carbonyl (C=O) groups excluding carboxylic acids is 2. The summed E-state index contributed by atoms with van der Waals surface area (Å²) in [7, 11) is 0. The van der Waals surface area contributed by atoms with Gasteiger partial charge in [0, 0.05) is 20.0 Å². The highest BCUT2D eigenvalue weighted by Crippen LogP contribution is 2.03. The van der Waals surface area contributed by atoms with Gasteiger partial charge in [-0.25, -0.2) is 0 Å². The Bertz CT molecular complexity index is 406. The molecule has 0 bridgehead atoms. The van der Waals surface area contributed by atoms with E-state index in [4.69, 9.17) is 5.73 Å². The van der Waals surface area contributed by atoms with Crippen molar-refractivity contribution >= 4 is 11.8 Å². The van der Waals surface area contributed by atoms with Crippen LogP contribution in [0.5, 0.6) is 0 Å². The summed E-state index contributed by atoms with van der Waals surface area (Å²) in [5.41, 5.74) is 6.98. The van der Waals surface area contributed by atoms with Gasteiger partial charge in [0.05, 0.1) is 6.04 Å². The minimum Gasteiger partial charge on any atom is -0.355 e. The molecule has 1 aromatic rings. The number of amides is 2. The molecule has 1 unspecified atom stereocenters. The van der Waals surface area contributed by atoms with E-state index < -0.39 is 6.04 Å². The maximum Gasteiger partial charge on any atom is 0.236 e. The molecule has 5 heteroatoms. The van der Waals surface area contributed by atoms with Crippen molar-refractivity contribution < 1.29 is 9.59 Å². The van der Waals surface area contributed by atoms with Crippen molar-refractivity contribution in [3.63, 3.8) is 0 Å². The van der Waals surface area contributed by atoms with Gasteiger partial charge in [0.25, 0.3) is 0 Å². The van der Waals surface area contributed by atoms with Crippen molar-refractivity contribution in [1.82, 2.24) is 10.6 Å². The van der Waals surface area contributed by atoms with E-state index in [2.05, 4.69) is 10.6 Å². The third-order valence-corrected chi connectivity index (χ3v) is 2.72. The molecule has 4 N–H and O–H groups in total. The van der Waals surface area contributed by atoms with E-state index in [0.717, 1.165) is 6.42 Å². The lowest BCUT2D eigenvalue weighted by atomic mass is 10.1. The Morgan fingerprint density at radius 3 is 2.42 bits per heavy atom. The van der Waals surface area contributed by atoms with Crippen LogP contribution in [0.25, 0.3) is 0 Å². The van der Waals surface area contributed by atoms with Gasteiger partial charge in [0.1, 0.15) is 0 Å². The first-order valence-corrected chi connectivity index (χ1v) is 6.41. The Kier molecular flexibility index (Phi) is 6.60. The summed E-state index contributed by atoms with van der Waals surface area (Å²) in [6.45, 7) is 2.26. The lowest BCUT2D eigenvalue weighted by molar-refractivity contribution is -0.123. The topological polar surface area (TPSA) is 84.2 Å². The van der Waals surface area contributed by atoms with Crippen LogP contribution in [-0.2, 0) is 16.0 Å². The van der Waals surface area contributed by atoms with Gasteiger partial charge in [0.2, 0.25) is 11.8 Å². The van der Waals surface area contributed by atoms with Gasteiger partial charge >= 0.3 is 0 Å². The predicted octanol–water partition coefficient (Wildman–Crippen LogP) is 0.199. The van der Waals surface area contributed by atoms with E-state index in [-0.39, 0.29) is 11.8 Å². The van der Waals surface area contributed by atoms with Crippen molar-refractivity contribution in [1.29, 1.82) is 0 Å². The molecule has 0 aliphatic heterocycles. The van der Waals surface area contributed by atoms with Crippen LogP contribution in [0.15, 0.2) is 30.3 Å². The molecule has 0 fully saturated rings. The number of carbonyl (C=O) groups is 2. The normalized spacial score (nSPS) is 11.7. The highest BCUT2D eigenvalue weighted by molar-refractivity contribution is 5.81. The number of benzene rings is 1. The summed E-state index contributed by atoms with van der Waals surface area (Å²) in [6, 6.07) is 9.40. The highest BCUT2D eigenvalue weighted by atomic mass is 16.2. The lowest BCUT2D eigenvalue weighted by Gasteiger charge is -2.12. The van der Waals surface area contributed by atoms with Crippen LogP contribution in [0.3, 0.4) is 0 Å². The van der Waals surface area contributed by atoms with Gasteiger partial charge in [-0.3, -0.25) is 9.59 Å². The zero-order valence-corrected chi connectivity index (χ0v) is 11.2. The van der Waals surface area contributed by atoms with Crippen LogP contribution in [0.4, 0.5) is 0 Å². The van der Waals surface area contributed by atoms with Crippen LogP contribution in [0.1, 0.15) is 18.9 Å². The number of nitrogens with one attached hydrogen (secondary N) is 2. The van der Waals surface area contributed by atoms with E-state index in [1.54, 1.807) is 0 Å². The fourth-order valence-electron chi connectivity index (χ4n) is 1.65. The standard InChI is InChI=1S/C14H21N3O2/c1-11(18)16-9-10-17-14(19)13(15)8-7-12-5-3-2-4-6-12/h2-6,13H,7-10,15H2,1H3,(H,16,18)(H,17,19). The molecule has 0 saturated heterocycles. The van der Waals surface area contributed by atoms with Crippen molar-refractivity contribution in [2.24, 2.45) is 5.73 Å². The van der Waals surface area contributed by atoms with Gasteiger partial charge in [-0.05, 0) is 18.4 Å². The molecular formula is C14H21N3O2. The number of nitrogens with two attached hydrogens (primary N) is 1. The monoisotopic (exact) mass is 263 g/mol. The third kappa shape index (κ3) is 6.57. The second-order valence-corrected chi connectivity index (χ2v) is 4.40. The zero-order valence-electron chi connectivity index (χ0n) is 11.2. The lowest BCUT2D eigenvalue weighted by Crippen LogP contribution is -2.43. The molecule has 1 rings (SSSR count). The summed E-state index contributed by atoms with van der Waals surface area (Å²) in [5.74, 6) is -0.288. The van der Waals surface area contributed by atoms with Gasteiger partial charge < -0.3 is 16.4 Å². The SMILES string of the molecule is CC(=O)NCCNC(=O)C(N)CCc1ccccc1. The van der Waals surface area contributed by atoms with E-state index in [1.165, 1.54) is 12.5 Å². The molecular weight excluding hydrogens is 242 g/mol. The molecule has 0 heterocycles. The van der Waals surface area contributed by atoms with Gasteiger partial charge in [-0.15, -0.1) is 0 Å². The molecule has 0 spiro atoms. The zero-order chi connectivity index (χ0) is 14.1.